The van der Waals surface area contributed by atoms with Crippen LogP contribution in [0.25, 0.3) is 0 Å². The van der Waals surface area contributed by atoms with E-state index in [0.29, 0.717) is 5.41 Å². The molecule has 0 amide bonds. The largest absolute Gasteiger partial charge is 0.496 e. The van der Waals surface area contributed by atoms with E-state index in [0.717, 1.165) is 31.8 Å². The molecule has 2 rings (SSSR count). The molecule has 0 bridgehead atoms. The Balaban J connectivity index is 1.72. The molecular formula is C15H24N2O. The molecule has 0 unspecified atom stereocenters. The first kappa shape index (κ1) is 13.4. The lowest BCUT2D eigenvalue weighted by molar-refractivity contribution is 0.407. The lowest BCUT2D eigenvalue weighted by Gasteiger charge is -2.15. The summed E-state index contributed by atoms with van der Waals surface area (Å²) in [5.41, 5.74) is 1.82. The van der Waals surface area contributed by atoms with E-state index in [9.17, 15) is 0 Å². The van der Waals surface area contributed by atoms with Crippen molar-refractivity contribution in [1.29, 1.82) is 0 Å². The number of ether oxygens (including phenoxy) is 1. The standard InChI is InChI=1S/C15H24N2O/c1-16-11-15(8-9-15)12-17-10-7-13-5-3-4-6-14(13)18-2/h3-6,16-17H,7-12H2,1-2H3. The predicted octanol–water partition coefficient (Wildman–Crippen LogP) is 1.83. The van der Waals surface area contributed by atoms with Crippen LogP contribution in [0.2, 0.25) is 0 Å². The fraction of sp³-hybridized carbons (Fsp3) is 0.600. The van der Waals surface area contributed by atoms with Gasteiger partial charge in [0, 0.05) is 13.1 Å². The van der Waals surface area contributed by atoms with Crippen molar-refractivity contribution in [1.82, 2.24) is 10.6 Å². The van der Waals surface area contributed by atoms with Crippen LogP contribution < -0.4 is 15.4 Å². The number of benzene rings is 1. The summed E-state index contributed by atoms with van der Waals surface area (Å²) in [5.74, 6) is 0.996. The molecule has 1 aromatic carbocycles. The zero-order valence-electron chi connectivity index (χ0n) is 11.5. The quantitative estimate of drug-likeness (QED) is 0.689. The van der Waals surface area contributed by atoms with Crippen LogP contribution in [0, 0.1) is 5.41 Å². The van der Waals surface area contributed by atoms with Gasteiger partial charge < -0.3 is 15.4 Å². The van der Waals surface area contributed by atoms with E-state index >= 15 is 0 Å². The minimum Gasteiger partial charge on any atom is -0.496 e. The first-order valence-corrected chi connectivity index (χ1v) is 6.77. The predicted molar refractivity (Wildman–Crippen MR) is 75.2 cm³/mol. The van der Waals surface area contributed by atoms with Gasteiger partial charge in [-0.3, -0.25) is 0 Å². The molecular weight excluding hydrogens is 224 g/mol. The van der Waals surface area contributed by atoms with E-state index in [2.05, 4.69) is 22.8 Å². The van der Waals surface area contributed by atoms with Gasteiger partial charge in [-0.25, -0.2) is 0 Å². The summed E-state index contributed by atoms with van der Waals surface area (Å²) < 4.78 is 5.36. The van der Waals surface area contributed by atoms with Crippen LogP contribution in [-0.2, 0) is 6.42 Å². The van der Waals surface area contributed by atoms with E-state index in [1.807, 2.05) is 19.2 Å². The Labute approximate surface area is 110 Å². The average molecular weight is 248 g/mol. The summed E-state index contributed by atoms with van der Waals surface area (Å²) in [4.78, 5) is 0. The number of hydrogen-bond acceptors (Lipinski definition) is 3. The minimum absolute atomic E-state index is 0.537. The molecule has 0 atom stereocenters. The minimum atomic E-state index is 0.537. The Morgan fingerprint density at radius 1 is 1.22 bits per heavy atom. The third kappa shape index (κ3) is 3.47. The van der Waals surface area contributed by atoms with Gasteiger partial charge in [-0.05, 0) is 49.9 Å². The molecule has 2 N–H and O–H groups in total. The second-order valence-corrected chi connectivity index (χ2v) is 5.27. The van der Waals surface area contributed by atoms with Crippen molar-refractivity contribution in [3.8, 4) is 5.75 Å². The average Bonchev–Trinajstić information content (AvgIpc) is 3.16. The summed E-state index contributed by atoms with van der Waals surface area (Å²) in [6.07, 6.45) is 3.74. The topological polar surface area (TPSA) is 33.3 Å². The van der Waals surface area contributed by atoms with Gasteiger partial charge in [0.15, 0.2) is 0 Å². The van der Waals surface area contributed by atoms with Crippen molar-refractivity contribution < 1.29 is 4.74 Å². The van der Waals surface area contributed by atoms with Gasteiger partial charge in [0.05, 0.1) is 7.11 Å². The van der Waals surface area contributed by atoms with Crippen molar-refractivity contribution >= 4 is 0 Å². The van der Waals surface area contributed by atoms with Crippen molar-refractivity contribution in [3.05, 3.63) is 29.8 Å². The third-order valence-electron chi connectivity index (χ3n) is 3.77. The van der Waals surface area contributed by atoms with Crippen LogP contribution in [0.3, 0.4) is 0 Å². The van der Waals surface area contributed by atoms with Crippen molar-refractivity contribution in [2.75, 3.05) is 33.8 Å². The number of nitrogens with one attached hydrogen (secondary N) is 2. The molecule has 3 heteroatoms. The van der Waals surface area contributed by atoms with Crippen LogP contribution in [0.4, 0.5) is 0 Å². The summed E-state index contributed by atoms with van der Waals surface area (Å²) in [6, 6.07) is 8.25. The van der Waals surface area contributed by atoms with Crippen LogP contribution in [-0.4, -0.2) is 33.8 Å². The highest BCUT2D eigenvalue weighted by Crippen LogP contribution is 2.44. The second kappa shape index (κ2) is 6.21. The summed E-state index contributed by atoms with van der Waals surface area (Å²) in [6.45, 7) is 3.28. The monoisotopic (exact) mass is 248 g/mol. The number of hydrogen-bond donors (Lipinski definition) is 2. The highest BCUT2D eigenvalue weighted by molar-refractivity contribution is 5.33. The fourth-order valence-corrected chi connectivity index (χ4v) is 2.45. The van der Waals surface area contributed by atoms with Gasteiger partial charge in [0.2, 0.25) is 0 Å². The van der Waals surface area contributed by atoms with E-state index < -0.39 is 0 Å². The Hall–Kier alpha value is -1.06. The SMILES string of the molecule is CNCC1(CNCCc2ccccc2OC)CC1. The first-order valence-electron chi connectivity index (χ1n) is 6.77. The van der Waals surface area contributed by atoms with Crippen LogP contribution >= 0.6 is 0 Å². The molecule has 1 fully saturated rings. The maximum atomic E-state index is 5.36. The molecule has 3 nitrogen and oxygen atoms in total. The Morgan fingerprint density at radius 3 is 2.67 bits per heavy atom. The zero-order chi connectivity index (χ0) is 12.8. The molecule has 1 aliphatic carbocycles. The Kier molecular flexibility index (Phi) is 4.61. The van der Waals surface area contributed by atoms with Gasteiger partial charge >= 0.3 is 0 Å². The zero-order valence-corrected chi connectivity index (χ0v) is 11.5. The molecule has 0 radical (unpaired) electrons. The molecule has 1 aliphatic rings. The number of rotatable bonds is 8. The molecule has 1 saturated carbocycles. The van der Waals surface area contributed by atoms with Gasteiger partial charge in [-0.1, -0.05) is 18.2 Å². The Morgan fingerprint density at radius 2 is 2.00 bits per heavy atom. The smallest absolute Gasteiger partial charge is 0.122 e. The van der Waals surface area contributed by atoms with Crippen molar-refractivity contribution in [2.45, 2.75) is 19.3 Å². The molecule has 18 heavy (non-hydrogen) atoms. The van der Waals surface area contributed by atoms with Crippen LogP contribution in [0.15, 0.2) is 24.3 Å². The van der Waals surface area contributed by atoms with Gasteiger partial charge in [0.1, 0.15) is 5.75 Å². The van der Waals surface area contributed by atoms with Crippen molar-refractivity contribution in [2.24, 2.45) is 5.41 Å². The molecule has 0 heterocycles. The van der Waals surface area contributed by atoms with Gasteiger partial charge in [0.25, 0.3) is 0 Å². The Bertz CT molecular complexity index is 375. The normalized spacial score (nSPS) is 16.6. The highest BCUT2D eigenvalue weighted by atomic mass is 16.5. The summed E-state index contributed by atoms with van der Waals surface area (Å²) >= 11 is 0. The van der Waals surface area contributed by atoms with Gasteiger partial charge in [-0.2, -0.15) is 0 Å². The molecule has 0 spiro atoms. The van der Waals surface area contributed by atoms with E-state index in [4.69, 9.17) is 4.74 Å². The van der Waals surface area contributed by atoms with E-state index in [1.54, 1.807) is 7.11 Å². The fourth-order valence-electron chi connectivity index (χ4n) is 2.45. The maximum absolute atomic E-state index is 5.36. The first-order chi connectivity index (χ1) is 8.79. The molecule has 100 valence electrons. The summed E-state index contributed by atoms with van der Waals surface area (Å²) in [7, 11) is 3.77. The highest BCUT2D eigenvalue weighted by Gasteiger charge is 2.41. The van der Waals surface area contributed by atoms with Crippen LogP contribution in [0.5, 0.6) is 5.75 Å². The lowest BCUT2D eigenvalue weighted by Crippen LogP contribution is -2.32. The second-order valence-electron chi connectivity index (χ2n) is 5.27. The van der Waals surface area contributed by atoms with Crippen molar-refractivity contribution in [3.63, 3.8) is 0 Å². The molecule has 1 aromatic rings. The maximum Gasteiger partial charge on any atom is 0.122 e. The summed E-state index contributed by atoms with van der Waals surface area (Å²) in [5, 5.41) is 6.86. The van der Waals surface area contributed by atoms with E-state index in [-0.39, 0.29) is 0 Å². The molecule has 0 aliphatic heterocycles. The molecule has 0 aromatic heterocycles. The van der Waals surface area contributed by atoms with Gasteiger partial charge in [-0.15, -0.1) is 0 Å². The molecule has 0 saturated heterocycles. The third-order valence-corrected chi connectivity index (χ3v) is 3.77. The number of methoxy groups -OCH3 is 1. The lowest BCUT2D eigenvalue weighted by atomic mass is 10.1. The number of para-hydroxylation sites is 1. The van der Waals surface area contributed by atoms with E-state index in [1.165, 1.54) is 18.4 Å². The van der Waals surface area contributed by atoms with Crippen LogP contribution in [0.1, 0.15) is 18.4 Å².